The average molecular weight is 447 g/mol. The van der Waals surface area contributed by atoms with Gasteiger partial charge in [-0.3, -0.25) is 4.72 Å². The summed E-state index contributed by atoms with van der Waals surface area (Å²) in [6.07, 6.45) is 0. The van der Waals surface area contributed by atoms with Gasteiger partial charge in [-0.05, 0) is 24.3 Å². The Bertz CT molecular complexity index is 1290. The predicted octanol–water partition coefficient (Wildman–Crippen LogP) is 3.69. The number of phenols is 1. The molecule has 4 rings (SSSR count). The van der Waals surface area contributed by atoms with Crippen molar-refractivity contribution in [1.29, 1.82) is 0 Å². The molecule has 160 valence electrons. The molecule has 0 atom stereocenters. The zero-order chi connectivity index (χ0) is 22.2. The van der Waals surface area contributed by atoms with E-state index >= 15 is 0 Å². The van der Waals surface area contributed by atoms with Crippen molar-refractivity contribution in [3.63, 3.8) is 0 Å². The SMILES string of the molecule is O=C1OCCOc2ccccc2-c2cc(c(F)cc2F)NS(=O)(=O)c2cc(O)cc1c2. The maximum atomic E-state index is 14.6. The van der Waals surface area contributed by atoms with Gasteiger partial charge < -0.3 is 14.6 Å². The largest absolute Gasteiger partial charge is 0.508 e. The van der Waals surface area contributed by atoms with Crippen molar-refractivity contribution in [3.05, 3.63) is 71.8 Å². The summed E-state index contributed by atoms with van der Waals surface area (Å²) >= 11 is 0. The lowest BCUT2D eigenvalue weighted by Gasteiger charge is -2.14. The molecule has 0 amide bonds. The van der Waals surface area contributed by atoms with Crippen molar-refractivity contribution in [3.8, 4) is 22.6 Å². The molecule has 1 aliphatic heterocycles. The number of ether oxygens (including phenoxy) is 2. The fraction of sp³-hybridized carbons (Fsp3) is 0.0952. The minimum Gasteiger partial charge on any atom is -0.508 e. The van der Waals surface area contributed by atoms with Crippen molar-refractivity contribution in [2.45, 2.75) is 4.90 Å². The summed E-state index contributed by atoms with van der Waals surface area (Å²) in [7, 11) is -4.45. The average Bonchev–Trinajstić information content (AvgIpc) is 2.72. The molecule has 31 heavy (non-hydrogen) atoms. The molecule has 4 bridgehead atoms. The molecule has 1 aliphatic rings. The number of phenolic OH excluding ortho intramolecular Hbond substituents is 1. The van der Waals surface area contributed by atoms with Crippen LogP contribution in [0.5, 0.6) is 11.5 Å². The first-order valence-corrected chi connectivity index (χ1v) is 10.5. The Labute approximate surface area is 175 Å². The van der Waals surface area contributed by atoms with Gasteiger partial charge in [0, 0.05) is 23.3 Å². The highest BCUT2D eigenvalue weighted by Gasteiger charge is 2.23. The first-order valence-electron chi connectivity index (χ1n) is 9.00. The van der Waals surface area contributed by atoms with Gasteiger partial charge in [-0.1, -0.05) is 18.2 Å². The van der Waals surface area contributed by atoms with Gasteiger partial charge in [0.05, 0.1) is 16.1 Å². The number of carbonyl (C=O) groups excluding carboxylic acids is 1. The molecule has 0 unspecified atom stereocenters. The van der Waals surface area contributed by atoms with Gasteiger partial charge in [0.15, 0.2) is 0 Å². The third-order valence-electron chi connectivity index (χ3n) is 4.49. The molecule has 0 fully saturated rings. The minimum atomic E-state index is -4.45. The molecule has 1 heterocycles. The second-order valence-corrected chi connectivity index (χ2v) is 8.30. The van der Waals surface area contributed by atoms with E-state index in [1.54, 1.807) is 18.2 Å². The van der Waals surface area contributed by atoms with Crippen molar-refractivity contribution in [1.82, 2.24) is 0 Å². The van der Waals surface area contributed by atoms with E-state index in [1.807, 2.05) is 4.72 Å². The van der Waals surface area contributed by atoms with Crippen LogP contribution in [0.3, 0.4) is 0 Å². The molecule has 0 saturated carbocycles. The van der Waals surface area contributed by atoms with E-state index in [1.165, 1.54) is 6.07 Å². The van der Waals surface area contributed by atoms with E-state index in [0.29, 0.717) is 6.07 Å². The van der Waals surface area contributed by atoms with E-state index in [2.05, 4.69) is 0 Å². The van der Waals surface area contributed by atoms with Crippen molar-refractivity contribution in [2.24, 2.45) is 0 Å². The number of para-hydroxylation sites is 1. The maximum absolute atomic E-state index is 14.6. The van der Waals surface area contributed by atoms with E-state index < -0.39 is 44.0 Å². The molecular weight excluding hydrogens is 432 g/mol. The van der Waals surface area contributed by atoms with Crippen LogP contribution in [0.25, 0.3) is 11.1 Å². The number of benzene rings is 3. The fourth-order valence-corrected chi connectivity index (χ4v) is 4.20. The van der Waals surface area contributed by atoms with E-state index in [4.69, 9.17) is 9.47 Å². The van der Waals surface area contributed by atoms with E-state index in [9.17, 15) is 27.1 Å². The maximum Gasteiger partial charge on any atom is 0.338 e. The standard InChI is InChI=1S/C21H15F2NO6S/c22-17-11-18(23)19-10-16(17)15-3-1-2-4-20(15)29-5-6-30-21(26)12-7-13(25)9-14(8-12)31(27,28)24-19/h1-4,7-11,24-25H,5-6H2. The molecule has 3 aromatic carbocycles. The number of nitrogens with one attached hydrogen (secondary N) is 1. The second kappa shape index (κ2) is 7.88. The lowest BCUT2D eigenvalue weighted by atomic mass is 10.0. The Hall–Kier alpha value is -3.66. The number of hydrogen-bond donors (Lipinski definition) is 2. The highest BCUT2D eigenvalue weighted by molar-refractivity contribution is 7.92. The lowest BCUT2D eigenvalue weighted by molar-refractivity contribution is 0.0450. The summed E-state index contributed by atoms with van der Waals surface area (Å²) < 4.78 is 67.3. The highest BCUT2D eigenvalue weighted by atomic mass is 32.2. The minimum absolute atomic E-state index is 0.0827. The summed E-state index contributed by atoms with van der Waals surface area (Å²) in [6.45, 7) is -0.277. The number of anilines is 1. The second-order valence-electron chi connectivity index (χ2n) is 6.61. The van der Waals surface area contributed by atoms with E-state index in [0.717, 1.165) is 24.3 Å². The molecule has 3 aromatic rings. The summed E-state index contributed by atoms with van der Waals surface area (Å²) in [5, 5.41) is 9.86. The first-order chi connectivity index (χ1) is 14.7. The van der Waals surface area contributed by atoms with Crippen LogP contribution in [0.15, 0.2) is 59.5 Å². The molecule has 2 N–H and O–H groups in total. The highest BCUT2D eigenvalue weighted by Crippen LogP contribution is 2.35. The zero-order valence-electron chi connectivity index (χ0n) is 15.8. The monoisotopic (exact) mass is 447 g/mol. The Balaban J connectivity index is 1.91. The van der Waals surface area contributed by atoms with Crippen LogP contribution in [-0.4, -0.2) is 32.7 Å². The van der Waals surface area contributed by atoms with Gasteiger partial charge in [-0.2, -0.15) is 0 Å². The Morgan fingerprint density at radius 1 is 0.903 bits per heavy atom. The number of halogens is 2. The Kier molecular flexibility index (Phi) is 5.24. The summed E-state index contributed by atoms with van der Waals surface area (Å²) in [6, 6.07) is 10.8. The fourth-order valence-electron chi connectivity index (χ4n) is 3.08. The van der Waals surface area contributed by atoms with E-state index in [-0.39, 0.29) is 35.7 Å². The Morgan fingerprint density at radius 2 is 1.65 bits per heavy atom. The van der Waals surface area contributed by atoms with Gasteiger partial charge in [0.1, 0.15) is 36.3 Å². The number of carbonyl (C=O) groups is 1. The van der Waals surface area contributed by atoms with Gasteiger partial charge in [0.2, 0.25) is 0 Å². The number of rotatable bonds is 0. The summed E-state index contributed by atoms with van der Waals surface area (Å²) in [4.78, 5) is 11.8. The number of hydrogen-bond acceptors (Lipinski definition) is 6. The Morgan fingerprint density at radius 3 is 2.45 bits per heavy atom. The normalized spacial score (nSPS) is 15.4. The molecule has 0 radical (unpaired) electrons. The molecule has 0 spiro atoms. The van der Waals surface area contributed by atoms with Crippen LogP contribution in [0, 0.1) is 11.6 Å². The topological polar surface area (TPSA) is 102 Å². The van der Waals surface area contributed by atoms with Crippen molar-refractivity contribution >= 4 is 21.7 Å². The zero-order valence-corrected chi connectivity index (χ0v) is 16.6. The molecule has 0 saturated heterocycles. The summed E-state index contributed by atoms with van der Waals surface area (Å²) in [5.41, 5.74) is -0.595. The quantitative estimate of drug-likeness (QED) is 0.510. The number of cyclic esters (lactones) is 1. The molecule has 10 heteroatoms. The first kappa shape index (κ1) is 20.6. The van der Waals surface area contributed by atoms with Gasteiger partial charge in [-0.15, -0.1) is 0 Å². The van der Waals surface area contributed by atoms with Crippen LogP contribution in [-0.2, 0) is 14.8 Å². The molecule has 0 aliphatic carbocycles. The smallest absolute Gasteiger partial charge is 0.338 e. The van der Waals surface area contributed by atoms with Gasteiger partial charge >= 0.3 is 5.97 Å². The molecule has 7 nitrogen and oxygen atoms in total. The van der Waals surface area contributed by atoms with Crippen LogP contribution in [0.4, 0.5) is 14.5 Å². The molecular formula is C21H15F2NO6S. The number of esters is 1. The van der Waals surface area contributed by atoms with Crippen molar-refractivity contribution < 1.29 is 36.6 Å². The van der Waals surface area contributed by atoms with Crippen LogP contribution >= 0.6 is 0 Å². The third-order valence-corrected chi connectivity index (χ3v) is 5.83. The van der Waals surface area contributed by atoms with Gasteiger partial charge in [0.25, 0.3) is 10.0 Å². The van der Waals surface area contributed by atoms with Crippen LogP contribution in [0.2, 0.25) is 0 Å². The third kappa shape index (κ3) is 4.15. The lowest BCUT2D eigenvalue weighted by Crippen LogP contribution is -2.16. The van der Waals surface area contributed by atoms with Crippen LogP contribution < -0.4 is 9.46 Å². The number of fused-ring (bicyclic) bond motifs is 6. The molecule has 0 aromatic heterocycles. The summed E-state index contributed by atoms with van der Waals surface area (Å²) in [5.74, 6) is -3.25. The van der Waals surface area contributed by atoms with Gasteiger partial charge in [-0.25, -0.2) is 22.0 Å². The number of aromatic hydroxyl groups is 1. The van der Waals surface area contributed by atoms with Crippen LogP contribution in [0.1, 0.15) is 10.4 Å². The van der Waals surface area contributed by atoms with Crippen molar-refractivity contribution in [2.75, 3.05) is 17.9 Å². The number of sulfonamides is 1. The predicted molar refractivity (Wildman–Crippen MR) is 106 cm³/mol.